The molecule has 0 N–H and O–H groups in total. The summed E-state index contributed by atoms with van der Waals surface area (Å²) in [6.45, 7) is 2.27. The van der Waals surface area contributed by atoms with E-state index in [1.165, 1.54) is 43.5 Å². The first-order valence-electron chi connectivity index (χ1n) is 6.93. The van der Waals surface area contributed by atoms with E-state index in [0.717, 1.165) is 0 Å². The molecule has 2 rings (SSSR count). The molecule has 0 aromatic heterocycles. The second-order valence-corrected chi connectivity index (χ2v) is 5.42. The summed E-state index contributed by atoms with van der Waals surface area (Å²) in [7, 11) is 1.46. The Morgan fingerprint density at radius 2 is 2.04 bits per heavy atom. The van der Waals surface area contributed by atoms with Crippen LogP contribution in [0.15, 0.2) is 40.9 Å². The van der Waals surface area contributed by atoms with Gasteiger partial charge in [-0.25, -0.2) is 4.79 Å². The molecule has 0 saturated heterocycles. The molecule has 126 valence electrons. The molecule has 0 aliphatic carbocycles. The van der Waals surface area contributed by atoms with Crippen LogP contribution in [-0.4, -0.2) is 24.6 Å². The fraction of sp³-hybridized carbons (Fsp3) is 0.188. The van der Waals surface area contributed by atoms with Gasteiger partial charge in [0.1, 0.15) is 5.75 Å². The third-order valence-electron chi connectivity index (χ3n) is 2.99. The summed E-state index contributed by atoms with van der Waals surface area (Å²) in [5.41, 5.74) is 0.0550. The topological polar surface area (TPSA) is 87.9 Å². The standard InChI is InChI=1S/C16H14BrNO6/c1-3-23-15-13(17)7-10(8-14(15)22-2)16(19)24-12-6-4-5-11(9-12)18(20)21/h4-9H,3H2,1-2H3. The largest absolute Gasteiger partial charge is 0.493 e. The maximum absolute atomic E-state index is 12.3. The highest BCUT2D eigenvalue weighted by atomic mass is 79.9. The molecule has 0 unspecified atom stereocenters. The van der Waals surface area contributed by atoms with E-state index < -0.39 is 10.9 Å². The van der Waals surface area contributed by atoms with E-state index in [1.807, 2.05) is 6.92 Å². The third kappa shape index (κ3) is 4.02. The molecule has 24 heavy (non-hydrogen) atoms. The van der Waals surface area contributed by atoms with Crippen molar-refractivity contribution in [2.24, 2.45) is 0 Å². The number of carbonyl (C=O) groups excluding carboxylic acids is 1. The zero-order chi connectivity index (χ0) is 17.7. The Morgan fingerprint density at radius 1 is 1.29 bits per heavy atom. The second-order valence-electron chi connectivity index (χ2n) is 4.57. The van der Waals surface area contributed by atoms with Crippen LogP contribution in [-0.2, 0) is 0 Å². The number of hydrogen-bond acceptors (Lipinski definition) is 6. The van der Waals surface area contributed by atoms with Crippen molar-refractivity contribution < 1.29 is 23.9 Å². The maximum Gasteiger partial charge on any atom is 0.343 e. The summed E-state index contributed by atoms with van der Waals surface area (Å²) in [5.74, 6) is 0.264. The van der Waals surface area contributed by atoms with Crippen molar-refractivity contribution in [3.63, 3.8) is 0 Å². The molecule has 0 fully saturated rings. The number of ether oxygens (including phenoxy) is 3. The Balaban J connectivity index is 2.28. The number of benzene rings is 2. The molecule has 0 spiro atoms. The first kappa shape index (κ1) is 17.7. The Morgan fingerprint density at radius 3 is 2.67 bits per heavy atom. The van der Waals surface area contributed by atoms with Crippen LogP contribution >= 0.6 is 15.9 Å². The predicted octanol–water partition coefficient (Wildman–Crippen LogP) is 3.98. The highest BCUT2D eigenvalue weighted by Gasteiger charge is 2.17. The van der Waals surface area contributed by atoms with Gasteiger partial charge in [-0.1, -0.05) is 6.07 Å². The lowest BCUT2D eigenvalue weighted by atomic mass is 10.2. The van der Waals surface area contributed by atoms with E-state index in [4.69, 9.17) is 14.2 Å². The van der Waals surface area contributed by atoms with Crippen LogP contribution in [0.3, 0.4) is 0 Å². The van der Waals surface area contributed by atoms with Gasteiger partial charge in [-0.05, 0) is 41.1 Å². The van der Waals surface area contributed by atoms with Crippen LogP contribution in [0, 0.1) is 10.1 Å². The molecule has 2 aromatic carbocycles. The number of halogens is 1. The lowest BCUT2D eigenvalue weighted by molar-refractivity contribution is -0.384. The lowest BCUT2D eigenvalue weighted by Gasteiger charge is -2.13. The van der Waals surface area contributed by atoms with Crippen molar-refractivity contribution in [1.29, 1.82) is 0 Å². The molecule has 0 radical (unpaired) electrons. The summed E-state index contributed by atoms with van der Waals surface area (Å²) < 4.78 is 16.4. The molecule has 0 atom stereocenters. The van der Waals surface area contributed by atoms with E-state index in [0.29, 0.717) is 22.6 Å². The van der Waals surface area contributed by atoms with Gasteiger partial charge in [0.15, 0.2) is 11.5 Å². The summed E-state index contributed by atoms with van der Waals surface area (Å²) in [6.07, 6.45) is 0. The monoisotopic (exact) mass is 395 g/mol. The molecule has 7 nitrogen and oxygen atoms in total. The number of non-ortho nitro benzene ring substituents is 1. The fourth-order valence-electron chi connectivity index (χ4n) is 1.95. The average molecular weight is 396 g/mol. The zero-order valence-corrected chi connectivity index (χ0v) is 14.5. The van der Waals surface area contributed by atoms with Gasteiger partial charge in [-0.3, -0.25) is 10.1 Å². The summed E-state index contributed by atoms with van der Waals surface area (Å²) in [6, 6.07) is 8.41. The quantitative estimate of drug-likeness (QED) is 0.318. The van der Waals surface area contributed by atoms with E-state index in [2.05, 4.69) is 15.9 Å². The van der Waals surface area contributed by atoms with Crippen molar-refractivity contribution in [2.45, 2.75) is 6.92 Å². The molecule has 0 bridgehead atoms. The average Bonchev–Trinajstić information content (AvgIpc) is 2.56. The number of esters is 1. The van der Waals surface area contributed by atoms with Crippen molar-refractivity contribution in [3.8, 4) is 17.2 Å². The van der Waals surface area contributed by atoms with Crippen LogP contribution in [0.1, 0.15) is 17.3 Å². The van der Waals surface area contributed by atoms with Crippen LogP contribution in [0.2, 0.25) is 0 Å². The van der Waals surface area contributed by atoms with Crippen LogP contribution in [0.4, 0.5) is 5.69 Å². The SMILES string of the molecule is CCOc1c(Br)cc(C(=O)Oc2cccc([N+](=O)[O-])c2)cc1OC. The van der Waals surface area contributed by atoms with E-state index in [1.54, 1.807) is 0 Å². The molecule has 0 aliphatic rings. The number of rotatable bonds is 6. The smallest absolute Gasteiger partial charge is 0.343 e. The minimum absolute atomic E-state index is 0.0816. The van der Waals surface area contributed by atoms with Gasteiger partial charge in [0.25, 0.3) is 5.69 Å². The molecule has 8 heteroatoms. The highest BCUT2D eigenvalue weighted by molar-refractivity contribution is 9.10. The summed E-state index contributed by atoms with van der Waals surface area (Å²) in [4.78, 5) is 22.5. The minimum atomic E-state index is -0.669. The number of nitrogens with zero attached hydrogens (tertiary/aromatic N) is 1. The molecule has 0 saturated carbocycles. The van der Waals surface area contributed by atoms with Crippen molar-refractivity contribution in [2.75, 3.05) is 13.7 Å². The minimum Gasteiger partial charge on any atom is -0.493 e. The highest BCUT2D eigenvalue weighted by Crippen LogP contribution is 2.37. The number of hydrogen-bond donors (Lipinski definition) is 0. The van der Waals surface area contributed by atoms with Gasteiger partial charge in [0, 0.05) is 6.07 Å². The second kappa shape index (κ2) is 7.78. The van der Waals surface area contributed by atoms with Gasteiger partial charge >= 0.3 is 5.97 Å². The van der Waals surface area contributed by atoms with E-state index in [9.17, 15) is 14.9 Å². The molecule has 0 amide bonds. The Bertz CT molecular complexity index is 777. The Labute approximate surface area is 146 Å². The fourth-order valence-corrected chi connectivity index (χ4v) is 2.51. The van der Waals surface area contributed by atoms with Gasteiger partial charge in [0.05, 0.1) is 34.7 Å². The normalized spacial score (nSPS) is 10.1. The van der Waals surface area contributed by atoms with E-state index in [-0.39, 0.29) is 17.0 Å². The molecular weight excluding hydrogens is 382 g/mol. The maximum atomic E-state index is 12.3. The molecule has 0 heterocycles. The number of nitro groups is 1. The van der Waals surface area contributed by atoms with E-state index >= 15 is 0 Å². The van der Waals surface area contributed by atoms with Gasteiger partial charge in [-0.2, -0.15) is 0 Å². The van der Waals surface area contributed by atoms with Crippen molar-refractivity contribution in [3.05, 3.63) is 56.5 Å². The number of methoxy groups -OCH3 is 1. The first-order valence-corrected chi connectivity index (χ1v) is 7.72. The van der Waals surface area contributed by atoms with Crippen LogP contribution in [0.5, 0.6) is 17.2 Å². The summed E-state index contributed by atoms with van der Waals surface area (Å²) in [5, 5.41) is 10.8. The molecular formula is C16H14BrNO6. The van der Waals surface area contributed by atoms with Crippen LogP contribution < -0.4 is 14.2 Å². The molecule has 0 aliphatic heterocycles. The molecule has 2 aromatic rings. The number of nitro benzene ring substituents is 1. The Hall–Kier alpha value is -2.61. The Kier molecular flexibility index (Phi) is 5.75. The number of carbonyl (C=O) groups is 1. The predicted molar refractivity (Wildman–Crippen MR) is 89.9 cm³/mol. The van der Waals surface area contributed by atoms with Gasteiger partial charge in [-0.15, -0.1) is 0 Å². The van der Waals surface area contributed by atoms with Gasteiger partial charge in [0.2, 0.25) is 0 Å². The van der Waals surface area contributed by atoms with Crippen molar-refractivity contribution >= 4 is 27.6 Å². The summed E-state index contributed by atoms with van der Waals surface area (Å²) >= 11 is 3.32. The van der Waals surface area contributed by atoms with Crippen LogP contribution in [0.25, 0.3) is 0 Å². The first-order chi connectivity index (χ1) is 11.5. The van der Waals surface area contributed by atoms with Gasteiger partial charge < -0.3 is 14.2 Å². The third-order valence-corrected chi connectivity index (χ3v) is 3.58. The lowest BCUT2D eigenvalue weighted by Crippen LogP contribution is -2.09. The van der Waals surface area contributed by atoms with Crippen molar-refractivity contribution in [1.82, 2.24) is 0 Å². The zero-order valence-electron chi connectivity index (χ0n) is 12.9.